The molecule has 6 heteroatoms. The van der Waals surface area contributed by atoms with E-state index in [0.29, 0.717) is 24.8 Å². The van der Waals surface area contributed by atoms with E-state index in [9.17, 15) is 9.59 Å². The fourth-order valence-corrected chi connectivity index (χ4v) is 3.45. The van der Waals surface area contributed by atoms with E-state index in [4.69, 9.17) is 4.74 Å². The zero-order valence-electron chi connectivity index (χ0n) is 15.1. The van der Waals surface area contributed by atoms with Crippen molar-refractivity contribution in [3.05, 3.63) is 58.3 Å². The standard InChI is InChI=1S/C20H25N3O3/c1-26-18-9-5-4-8-16(18)12-19(24)21-10-11-23-14-22-17(13-20(23)25)15-6-2-3-7-15/h4-5,8-9,13-15H,2-3,6-7,10-12H2,1H3,(H,21,24). The molecule has 0 bridgehead atoms. The van der Waals surface area contributed by atoms with E-state index < -0.39 is 0 Å². The quantitative estimate of drug-likeness (QED) is 0.827. The summed E-state index contributed by atoms with van der Waals surface area (Å²) in [6.45, 7) is 0.798. The number of amides is 1. The van der Waals surface area contributed by atoms with Crippen LogP contribution in [0, 0.1) is 0 Å². The number of carbonyl (C=O) groups is 1. The fraction of sp³-hybridized carbons (Fsp3) is 0.450. The minimum absolute atomic E-state index is 0.0547. The first-order valence-corrected chi connectivity index (χ1v) is 9.12. The molecule has 1 saturated carbocycles. The van der Waals surface area contributed by atoms with E-state index in [2.05, 4.69) is 10.3 Å². The maximum Gasteiger partial charge on any atom is 0.253 e. The van der Waals surface area contributed by atoms with Gasteiger partial charge in [-0.25, -0.2) is 4.98 Å². The summed E-state index contributed by atoms with van der Waals surface area (Å²) < 4.78 is 6.80. The smallest absolute Gasteiger partial charge is 0.253 e. The number of methoxy groups -OCH3 is 1. The number of ether oxygens (including phenoxy) is 1. The Bertz CT molecular complexity index is 810. The molecule has 1 aromatic carbocycles. The molecule has 1 aromatic heterocycles. The first-order chi connectivity index (χ1) is 12.7. The number of hydrogen-bond donors (Lipinski definition) is 1. The van der Waals surface area contributed by atoms with Crippen LogP contribution in [-0.4, -0.2) is 29.1 Å². The predicted molar refractivity (Wildman–Crippen MR) is 99.4 cm³/mol. The van der Waals surface area contributed by atoms with Crippen molar-refractivity contribution in [2.45, 2.75) is 44.6 Å². The number of hydrogen-bond acceptors (Lipinski definition) is 4. The van der Waals surface area contributed by atoms with Gasteiger partial charge in [-0.2, -0.15) is 0 Å². The highest BCUT2D eigenvalue weighted by molar-refractivity contribution is 5.79. The van der Waals surface area contributed by atoms with Crippen LogP contribution in [0.4, 0.5) is 0 Å². The molecule has 1 N–H and O–H groups in total. The van der Waals surface area contributed by atoms with Crippen molar-refractivity contribution in [3.63, 3.8) is 0 Å². The van der Waals surface area contributed by atoms with Gasteiger partial charge < -0.3 is 10.1 Å². The Balaban J connectivity index is 1.51. The highest BCUT2D eigenvalue weighted by Gasteiger charge is 2.18. The van der Waals surface area contributed by atoms with Crippen LogP contribution < -0.4 is 15.6 Å². The molecular formula is C20H25N3O3. The maximum atomic E-state index is 12.2. The maximum absolute atomic E-state index is 12.2. The molecule has 0 radical (unpaired) electrons. The average Bonchev–Trinajstić information content (AvgIpc) is 3.18. The Morgan fingerprint density at radius 3 is 2.81 bits per heavy atom. The molecule has 1 aliphatic carbocycles. The molecule has 3 rings (SSSR count). The summed E-state index contributed by atoms with van der Waals surface area (Å²) in [5.41, 5.74) is 1.69. The number of nitrogens with zero attached hydrogens (tertiary/aromatic N) is 2. The van der Waals surface area contributed by atoms with Gasteiger partial charge in [-0.15, -0.1) is 0 Å². The van der Waals surface area contributed by atoms with Gasteiger partial charge in [0.1, 0.15) is 5.75 Å². The lowest BCUT2D eigenvalue weighted by Crippen LogP contribution is -2.32. The Morgan fingerprint density at radius 1 is 1.31 bits per heavy atom. The number of rotatable bonds is 7. The molecule has 1 heterocycles. The largest absolute Gasteiger partial charge is 0.496 e. The molecule has 1 aliphatic rings. The third-order valence-electron chi connectivity index (χ3n) is 4.89. The Morgan fingerprint density at radius 2 is 2.08 bits per heavy atom. The second-order valence-electron chi connectivity index (χ2n) is 6.67. The molecule has 6 nitrogen and oxygen atoms in total. The number of para-hydroxylation sites is 1. The van der Waals surface area contributed by atoms with Crippen molar-refractivity contribution < 1.29 is 9.53 Å². The molecule has 2 aromatic rings. The van der Waals surface area contributed by atoms with Crippen LogP contribution in [0.2, 0.25) is 0 Å². The van der Waals surface area contributed by atoms with Gasteiger partial charge in [-0.05, 0) is 18.9 Å². The molecule has 0 aliphatic heterocycles. The molecular weight excluding hydrogens is 330 g/mol. The number of nitrogens with one attached hydrogen (secondary N) is 1. The highest BCUT2D eigenvalue weighted by atomic mass is 16.5. The molecule has 0 saturated heterocycles. The second kappa shape index (κ2) is 8.65. The average molecular weight is 355 g/mol. The van der Waals surface area contributed by atoms with Gasteiger partial charge in [-0.1, -0.05) is 31.0 Å². The Labute approximate surface area is 153 Å². The van der Waals surface area contributed by atoms with E-state index >= 15 is 0 Å². The van der Waals surface area contributed by atoms with Crippen LogP contribution >= 0.6 is 0 Å². The lowest BCUT2D eigenvalue weighted by Gasteiger charge is -2.11. The van der Waals surface area contributed by atoms with Gasteiger partial charge >= 0.3 is 0 Å². The van der Waals surface area contributed by atoms with E-state index in [0.717, 1.165) is 24.1 Å². The van der Waals surface area contributed by atoms with Gasteiger partial charge in [0.15, 0.2) is 0 Å². The monoisotopic (exact) mass is 355 g/mol. The topological polar surface area (TPSA) is 73.2 Å². The third-order valence-corrected chi connectivity index (χ3v) is 4.89. The second-order valence-corrected chi connectivity index (χ2v) is 6.67. The van der Waals surface area contributed by atoms with Crippen molar-refractivity contribution in [2.24, 2.45) is 0 Å². The van der Waals surface area contributed by atoms with E-state index in [1.807, 2.05) is 24.3 Å². The summed E-state index contributed by atoms with van der Waals surface area (Å²) >= 11 is 0. The summed E-state index contributed by atoms with van der Waals surface area (Å²) in [7, 11) is 1.59. The summed E-state index contributed by atoms with van der Waals surface area (Å²) in [5, 5.41) is 2.85. The van der Waals surface area contributed by atoms with Gasteiger partial charge in [0.25, 0.3) is 5.56 Å². The van der Waals surface area contributed by atoms with Crippen LogP contribution in [0.1, 0.15) is 42.9 Å². The highest BCUT2D eigenvalue weighted by Crippen LogP contribution is 2.32. The van der Waals surface area contributed by atoms with Crippen LogP contribution in [-0.2, 0) is 17.8 Å². The minimum atomic E-state index is -0.0990. The summed E-state index contributed by atoms with van der Waals surface area (Å²) in [4.78, 5) is 28.8. The molecule has 138 valence electrons. The molecule has 26 heavy (non-hydrogen) atoms. The van der Waals surface area contributed by atoms with Crippen molar-refractivity contribution in [3.8, 4) is 5.75 Å². The van der Waals surface area contributed by atoms with Crippen LogP contribution in [0.5, 0.6) is 5.75 Å². The number of benzene rings is 1. The fourth-order valence-electron chi connectivity index (χ4n) is 3.45. The van der Waals surface area contributed by atoms with Crippen molar-refractivity contribution >= 4 is 5.91 Å². The summed E-state index contributed by atoms with van der Waals surface area (Å²) in [6, 6.07) is 9.10. The SMILES string of the molecule is COc1ccccc1CC(=O)NCCn1cnc(C2CCCC2)cc1=O. The van der Waals surface area contributed by atoms with Gasteiger partial charge in [-0.3, -0.25) is 14.2 Å². The minimum Gasteiger partial charge on any atom is -0.496 e. The molecule has 0 unspecified atom stereocenters. The number of carbonyl (C=O) groups excluding carboxylic acids is 1. The lowest BCUT2D eigenvalue weighted by molar-refractivity contribution is -0.120. The zero-order chi connectivity index (χ0) is 18.4. The molecule has 0 spiro atoms. The predicted octanol–water partition coefficient (Wildman–Crippen LogP) is 2.27. The van der Waals surface area contributed by atoms with Gasteiger partial charge in [0, 0.05) is 30.6 Å². The third kappa shape index (κ3) is 4.50. The van der Waals surface area contributed by atoms with Gasteiger partial charge in [0.05, 0.1) is 25.6 Å². The van der Waals surface area contributed by atoms with E-state index in [-0.39, 0.29) is 17.9 Å². The first kappa shape index (κ1) is 18.2. The Hall–Kier alpha value is -2.63. The Kier molecular flexibility index (Phi) is 6.04. The van der Waals surface area contributed by atoms with Crippen LogP contribution in [0.25, 0.3) is 0 Å². The van der Waals surface area contributed by atoms with Crippen LogP contribution in [0.3, 0.4) is 0 Å². The summed E-state index contributed by atoms with van der Waals surface area (Å²) in [6.07, 6.45) is 6.52. The van der Waals surface area contributed by atoms with E-state index in [1.54, 1.807) is 24.1 Å². The lowest BCUT2D eigenvalue weighted by atomic mass is 10.0. The van der Waals surface area contributed by atoms with Crippen LogP contribution in [0.15, 0.2) is 41.5 Å². The molecule has 1 fully saturated rings. The first-order valence-electron chi connectivity index (χ1n) is 9.12. The van der Waals surface area contributed by atoms with E-state index in [1.165, 1.54) is 12.8 Å². The summed E-state index contributed by atoms with van der Waals surface area (Å²) in [5.74, 6) is 1.03. The van der Waals surface area contributed by atoms with Crippen molar-refractivity contribution in [1.29, 1.82) is 0 Å². The zero-order valence-corrected chi connectivity index (χ0v) is 15.1. The van der Waals surface area contributed by atoms with Crippen molar-refractivity contribution in [1.82, 2.24) is 14.9 Å². The normalized spacial score (nSPS) is 14.3. The molecule has 0 atom stereocenters. The van der Waals surface area contributed by atoms with Gasteiger partial charge in [0.2, 0.25) is 5.91 Å². The number of aromatic nitrogens is 2. The molecule has 1 amide bonds. The van der Waals surface area contributed by atoms with Crippen molar-refractivity contribution in [2.75, 3.05) is 13.7 Å².